The molecular weight excluding hydrogens is 470 g/mol. The lowest BCUT2D eigenvalue weighted by Gasteiger charge is -2.17. The number of rotatable bonds is 18. The number of aromatic nitrogens is 1. The van der Waals surface area contributed by atoms with Gasteiger partial charge in [0, 0.05) is 6.54 Å². The van der Waals surface area contributed by atoms with E-state index in [1.807, 2.05) is 22.9 Å². The smallest absolute Gasteiger partial charge is 0.262 e. The van der Waals surface area contributed by atoms with Crippen LogP contribution in [0.1, 0.15) is 117 Å². The summed E-state index contributed by atoms with van der Waals surface area (Å²) >= 11 is 3.15. The molecule has 1 atom stereocenters. The van der Waals surface area contributed by atoms with Crippen LogP contribution >= 0.6 is 22.7 Å². The van der Waals surface area contributed by atoms with Crippen molar-refractivity contribution in [2.75, 3.05) is 0 Å². The Morgan fingerprint density at radius 3 is 1.46 bits per heavy atom. The number of thiophene rings is 2. The van der Waals surface area contributed by atoms with E-state index in [0.717, 1.165) is 22.2 Å². The first-order chi connectivity index (χ1) is 17.2. The third-order valence-electron chi connectivity index (χ3n) is 7.36. The van der Waals surface area contributed by atoms with E-state index < -0.39 is 0 Å². The van der Waals surface area contributed by atoms with Crippen LogP contribution in [0.4, 0.5) is 0 Å². The molecule has 3 rings (SSSR count). The first-order valence-electron chi connectivity index (χ1n) is 14.2. The van der Waals surface area contributed by atoms with E-state index in [1.165, 1.54) is 89.9 Å². The van der Waals surface area contributed by atoms with Gasteiger partial charge in [-0.2, -0.15) is 0 Å². The zero-order valence-electron chi connectivity index (χ0n) is 22.0. The predicted octanol–water partition coefficient (Wildman–Crippen LogP) is 9.54. The lowest BCUT2D eigenvalue weighted by atomic mass is 9.93. The molecule has 0 saturated carbocycles. The summed E-state index contributed by atoms with van der Waals surface area (Å²) in [5.41, 5.74) is -0.197. The molecule has 0 aromatic carbocycles. The van der Waals surface area contributed by atoms with Crippen LogP contribution in [-0.4, -0.2) is 4.57 Å². The summed E-state index contributed by atoms with van der Waals surface area (Å²) in [6, 6.07) is 3.80. The molecule has 3 heterocycles. The van der Waals surface area contributed by atoms with Gasteiger partial charge >= 0.3 is 0 Å². The van der Waals surface area contributed by atoms with Crippen molar-refractivity contribution in [1.82, 2.24) is 4.57 Å². The molecule has 3 aromatic rings. The van der Waals surface area contributed by atoms with E-state index in [0.29, 0.717) is 23.2 Å². The SMILES string of the molecule is CCCCCCCCCCC(CCCCCCCC)Cn1c(=O)c2ccsc2c2sccc2c1=O. The first-order valence-corrected chi connectivity index (χ1v) is 15.9. The van der Waals surface area contributed by atoms with Gasteiger partial charge in [-0.15, -0.1) is 22.7 Å². The maximum atomic E-state index is 13.5. The van der Waals surface area contributed by atoms with Crippen LogP contribution in [0.3, 0.4) is 0 Å². The molecule has 3 aromatic heterocycles. The molecule has 0 spiro atoms. The fourth-order valence-electron chi connectivity index (χ4n) is 5.22. The maximum absolute atomic E-state index is 13.5. The van der Waals surface area contributed by atoms with Crippen LogP contribution in [0.15, 0.2) is 32.5 Å². The average molecular weight is 516 g/mol. The summed E-state index contributed by atoms with van der Waals surface area (Å²) in [7, 11) is 0. The molecular formula is C30H45NO2S2. The van der Waals surface area contributed by atoms with Crippen molar-refractivity contribution in [3.8, 4) is 0 Å². The Hall–Kier alpha value is -1.46. The highest BCUT2D eigenvalue weighted by molar-refractivity contribution is 7.25. The molecule has 35 heavy (non-hydrogen) atoms. The van der Waals surface area contributed by atoms with Crippen LogP contribution < -0.4 is 11.1 Å². The van der Waals surface area contributed by atoms with Crippen molar-refractivity contribution in [2.45, 2.75) is 123 Å². The summed E-state index contributed by atoms with van der Waals surface area (Å²) < 4.78 is 3.51. The number of hydrogen-bond acceptors (Lipinski definition) is 4. The Labute approximate surface area is 219 Å². The minimum Gasteiger partial charge on any atom is -0.274 e. The fourth-order valence-corrected chi connectivity index (χ4v) is 7.19. The zero-order valence-corrected chi connectivity index (χ0v) is 23.6. The van der Waals surface area contributed by atoms with Gasteiger partial charge in [-0.1, -0.05) is 104 Å². The minimum atomic E-state index is -0.0986. The monoisotopic (exact) mass is 515 g/mol. The lowest BCUT2D eigenvalue weighted by molar-refractivity contribution is 0.351. The standard InChI is InChI=1S/C30H45NO2S2/c1-3-5-7-9-11-12-14-16-18-24(17-15-13-10-8-6-4-2)23-31-29(32)25-19-21-34-27(25)28-26(30(31)33)20-22-35-28/h19-22,24H,3-18,23H2,1-2H3. The van der Waals surface area contributed by atoms with Gasteiger partial charge in [0.25, 0.3) is 11.1 Å². The van der Waals surface area contributed by atoms with Gasteiger partial charge < -0.3 is 0 Å². The highest BCUT2D eigenvalue weighted by Gasteiger charge is 2.17. The molecule has 3 nitrogen and oxygen atoms in total. The molecule has 0 radical (unpaired) electrons. The van der Waals surface area contributed by atoms with Gasteiger partial charge in [0.1, 0.15) is 0 Å². The van der Waals surface area contributed by atoms with E-state index in [2.05, 4.69) is 13.8 Å². The van der Waals surface area contributed by atoms with Gasteiger partial charge in [-0.05, 0) is 41.7 Å². The van der Waals surface area contributed by atoms with Crippen molar-refractivity contribution >= 4 is 42.8 Å². The number of nitrogens with zero attached hydrogens (tertiary/aromatic N) is 1. The van der Waals surface area contributed by atoms with E-state index in [9.17, 15) is 9.59 Å². The number of fused-ring (bicyclic) bond motifs is 3. The Morgan fingerprint density at radius 1 is 0.629 bits per heavy atom. The molecule has 0 aliphatic carbocycles. The Bertz CT molecular complexity index is 1060. The average Bonchev–Trinajstić information content (AvgIpc) is 3.53. The molecule has 5 heteroatoms. The van der Waals surface area contributed by atoms with Crippen LogP contribution in [-0.2, 0) is 6.54 Å². The normalized spacial score (nSPS) is 12.6. The largest absolute Gasteiger partial charge is 0.274 e. The molecule has 0 saturated heterocycles. The molecule has 194 valence electrons. The van der Waals surface area contributed by atoms with Gasteiger partial charge in [0.2, 0.25) is 0 Å². The van der Waals surface area contributed by atoms with Gasteiger partial charge in [0.05, 0.1) is 20.2 Å². The summed E-state index contributed by atoms with van der Waals surface area (Å²) in [6.07, 6.45) is 20.4. The van der Waals surface area contributed by atoms with Crippen molar-refractivity contribution in [1.29, 1.82) is 0 Å². The van der Waals surface area contributed by atoms with Crippen LogP contribution in [0.25, 0.3) is 20.2 Å². The molecule has 0 bridgehead atoms. The number of hydrogen-bond donors (Lipinski definition) is 0. The van der Waals surface area contributed by atoms with Crippen molar-refractivity contribution < 1.29 is 0 Å². The van der Waals surface area contributed by atoms with Crippen molar-refractivity contribution in [3.05, 3.63) is 43.6 Å². The quantitative estimate of drug-likeness (QED) is 0.158. The second-order valence-corrected chi connectivity index (χ2v) is 12.1. The minimum absolute atomic E-state index is 0.0986. The van der Waals surface area contributed by atoms with E-state index in [-0.39, 0.29) is 11.1 Å². The number of unbranched alkanes of at least 4 members (excludes halogenated alkanes) is 12. The molecule has 0 fully saturated rings. The molecule has 1 unspecified atom stereocenters. The second kappa shape index (κ2) is 15.6. The fraction of sp³-hybridized carbons (Fsp3) is 0.667. The zero-order chi connectivity index (χ0) is 24.9. The highest BCUT2D eigenvalue weighted by atomic mass is 32.1. The summed E-state index contributed by atoms with van der Waals surface area (Å²) in [6.45, 7) is 5.09. The first kappa shape index (κ1) is 28.1. The maximum Gasteiger partial charge on any atom is 0.262 e. The Morgan fingerprint density at radius 2 is 1.03 bits per heavy atom. The van der Waals surface area contributed by atoms with Crippen molar-refractivity contribution in [3.63, 3.8) is 0 Å². The summed E-state index contributed by atoms with van der Waals surface area (Å²) in [4.78, 5) is 27.0. The van der Waals surface area contributed by atoms with Crippen LogP contribution in [0.2, 0.25) is 0 Å². The topological polar surface area (TPSA) is 39.1 Å². The molecule has 0 N–H and O–H groups in total. The van der Waals surface area contributed by atoms with Gasteiger partial charge in [-0.25, -0.2) is 0 Å². The van der Waals surface area contributed by atoms with Crippen LogP contribution in [0, 0.1) is 5.92 Å². The van der Waals surface area contributed by atoms with Gasteiger partial charge in [-0.3, -0.25) is 14.2 Å². The molecule has 0 amide bonds. The molecule has 0 aliphatic rings. The Balaban J connectivity index is 1.69. The summed E-state index contributed by atoms with van der Waals surface area (Å²) in [5, 5.41) is 5.37. The van der Waals surface area contributed by atoms with E-state index in [4.69, 9.17) is 0 Å². The highest BCUT2D eigenvalue weighted by Crippen LogP contribution is 2.29. The van der Waals surface area contributed by atoms with Gasteiger partial charge in [0.15, 0.2) is 0 Å². The second-order valence-electron chi connectivity index (χ2n) is 10.2. The Kier molecular flexibility index (Phi) is 12.5. The van der Waals surface area contributed by atoms with Crippen molar-refractivity contribution in [2.24, 2.45) is 5.92 Å². The lowest BCUT2D eigenvalue weighted by Crippen LogP contribution is -2.33. The third kappa shape index (κ3) is 8.28. The van der Waals surface area contributed by atoms with E-state index in [1.54, 1.807) is 27.2 Å². The third-order valence-corrected chi connectivity index (χ3v) is 9.35. The van der Waals surface area contributed by atoms with E-state index >= 15 is 0 Å². The van der Waals surface area contributed by atoms with Crippen LogP contribution in [0.5, 0.6) is 0 Å². The summed E-state index contributed by atoms with van der Waals surface area (Å²) in [5.74, 6) is 0.399. The predicted molar refractivity (Wildman–Crippen MR) is 156 cm³/mol. The molecule has 0 aliphatic heterocycles.